The number of hydrogen-bond donors (Lipinski definition) is 2. The number of aromatic nitrogens is 1. The highest BCUT2D eigenvalue weighted by molar-refractivity contribution is 8.00. The SMILES string of the molecule is CSC1(CNC(=O)c2cc(N)c3ccccc3n2)CC1. The van der Waals surface area contributed by atoms with Crippen molar-refractivity contribution in [3.05, 3.63) is 36.0 Å². The third kappa shape index (κ3) is 2.45. The van der Waals surface area contributed by atoms with Crippen LogP contribution in [0.2, 0.25) is 0 Å². The van der Waals surface area contributed by atoms with E-state index in [1.54, 1.807) is 6.07 Å². The van der Waals surface area contributed by atoms with Crippen molar-refractivity contribution in [1.29, 1.82) is 0 Å². The Balaban J connectivity index is 1.81. The summed E-state index contributed by atoms with van der Waals surface area (Å²) in [7, 11) is 0. The Morgan fingerprint density at radius 3 is 2.90 bits per heavy atom. The lowest BCUT2D eigenvalue weighted by Crippen LogP contribution is -2.32. The number of amides is 1. The van der Waals surface area contributed by atoms with Crippen molar-refractivity contribution in [2.24, 2.45) is 0 Å². The van der Waals surface area contributed by atoms with E-state index in [-0.39, 0.29) is 10.7 Å². The number of carbonyl (C=O) groups is 1. The zero-order chi connectivity index (χ0) is 14.2. The number of carbonyl (C=O) groups excluding carboxylic acids is 1. The maximum absolute atomic E-state index is 12.2. The quantitative estimate of drug-likeness (QED) is 0.906. The van der Waals surface area contributed by atoms with E-state index in [0.29, 0.717) is 17.9 Å². The molecule has 0 saturated heterocycles. The van der Waals surface area contributed by atoms with E-state index < -0.39 is 0 Å². The van der Waals surface area contributed by atoms with Crippen molar-refractivity contribution in [3.63, 3.8) is 0 Å². The zero-order valence-corrected chi connectivity index (χ0v) is 12.2. The standard InChI is InChI=1S/C15H17N3OS/c1-20-15(6-7-15)9-17-14(19)13-8-11(16)10-4-2-3-5-12(10)18-13/h2-5,8H,6-7,9H2,1H3,(H2,16,18)(H,17,19). The Morgan fingerprint density at radius 2 is 2.20 bits per heavy atom. The topological polar surface area (TPSA) is 68.0 Å². The minimum atomic E-state index is -0.150. The van der Waals surface area contributed by atoms with Gasteiger partial charge in [0, 0.05) is 22.4 Å². The molecule has 0 bridgehead atoms. The van der Waals surface area contributed by atoms with E-state index in [1.807, 2.05) is 36.0 Å². The number of nitrogen functional groups attached to an aromatic ring is 1. The fourth-order valence-corrected chi connectivity index (χ4v) is 2.97. The van der Waals surface area contributed by atoms with Crippen LogP contribution < -0.4 is 11.1 Å². The number of benzene rings is 1. The molecule has 1 aliphatic carbocycles. The van der Waals surface area contributed by atoms with Crippen LogP contribution in [-0.2, 0) is 0 Å². The molecule has 5 heteroatoms. The van der Waals surface area contributed by atoms with E-state index in [9.17, 15) is 4.79 Å². The second kappa shape index (κ2) is 4.98. The van der Waals surface area contributed by atoms with E-state index in [4.69, 9.17) is 5.73 Å². The van der Waals surface area contributed by atoms with Gasteiger partial charge >= 0.3 is 0 Å². The Labute approximate surface area is 122 Å². The molecule has 0 aliphatic heterocycles. The van der Waals surface area contributed by atoms with Crippen LogP contribution in [0.4, 0.5) is 5.69 Å². The number of rotatable bonds is 4. The van der Waals surface area contributed by atoms with E-state index >= 15 is 0 Å². The molecule has 4 nitrogen and oxygen atoms in total. The summed E-state index contributed by atoms with van der Waals surface area (Å²) in [6.07, 6.45) is 4.43. The molecule has 0 spiro atoms. The first kappa shape index (κ1) is 13.2. The lowest BCUT2D eigenvalue weighted by atomic mass is 10.1. The lowest BCUT2D eigenvalue weighted by molar-refractivity contribution is 0.0948. The Hall–Kier alpha value is -1.75. The molecule has 2 aromatic rings. The molecule has 20 heavy (non-hydrogen) atoms. The van der Waals surface area contributed by atoms with Crippen LogP contribution in [0.15, 0.2) is 30.3 Å². The maximum Gasteiger partial charge on any atom is 0.270 e. The smallest absolute Gasteiger partial charge is 0.270 e. The number of nitrogens with one attached hydrogen (secondary N) is 1. The number of anilines is 1. The summed E-state index contributed by atoms with van der Waals surface area (Å²) >= 11 is 1.82. The van der Waals surface area contributed by atoms with Crippen molar-refractivity contribution < 1.29 is 4.79 Å². The minimum Gasteiger partial charge on any atom is -0.398 e. The van der Waals surface area contributed by atoms with Gasteiger partial charge in [-0.2, -0.15) is 11.8 Å². The molecule has 0 atom stereocenters. The normalized spacial score (nSPS) is 16.1. The molecule has 0 unspecified atom stereocenters. The van der Waals surface area contributed by atoms with Crippen molar-refractivity contribution in [2.75, 3.05) is 18.5 Å². The summed E-state index contributed by atoms with van der Waals surface area (Å²) in [6.45, 7) is 0.696. The highest BCUT2D eigenvalue weighted by Crippen LogP contribution is 2.46. The fraction of sp³-hybridized carbons (Fsp3) is 0.333. The monoisotopic (exact) mass is 287 g/mol. The van der Waals surface area contributed by atoms with Crippen LogP contribution >= 0.6 is 11.8 Å². The van der Waals surface area contributed by atoms with Gasteiger partial charge in [0.1, 0.15) is 5.69 Å². The number of pyridine rings is 1. The molecular weight excluding hydrogens is 270 g/mol. The maximum atomic E-state index is 12.2. The molecule has 1 aromatic heterocycles. The van der Waals surface area contributed by atoms with Gasteiger partial charge in [-0.25, -0.2) is 4.98 Å². The van der Waals surface area contributed by atoms with Crippen molar-refractivity contribution in [2.45, 2.75) is 17.6 Å². The van der Waals surface area contributed by atoms with Gasteiger partial charge in [-0.15, -0.1) is 0 Å². The van der Waals surface area contributed by atoms with Crippen LogP contribution in [0.1, 0.15) is 23.3 Å². The highest BCUT2D eigenvalue weighted by atomic mass is 32.2. The van der Waals surface area contributed by atoms with Gasteiger partial charge in [-0.1, -0.05) is 18.2 Å². The second-order valence-electron chi connectivity index (χ2n) is 5.18. The van der Waals surface area contributed by atoms with Crippen LogP contribution in [-0.4, -0.2) is 28.4 Å². The van der Waals surface area contributed by atoms with Gasteiger partial charge in [0.2, 0.25) is 0 Å². The Bertz CT molecular complexity index is 667. The summed E-state index contributed by atoms with van der Waals surface area (Å²) in [4.78, 5) is 16.6. The van der Waals surface area contributed by atoms with Crippen molar-refractivity contribution in [3.8, 4) is 0 Å². The molecule has 3 rings (SSSR count). The predicted octanol–water partition coefficient (Wildman–Crippen LogP) is 2.44. The molecule has 1 amide bonds. The molecular formula is C15H17N3OS. The first-order valence-corrected chi connectivity index (χ1v) is 7.85. The minimum absolute atomic E-state index is 0.150. The first-order valence-electron chi connectivity index (χ1n) is 6.62. The Morgan fingerprint density at radius 1 is 1.45 bits per heavy atom. The van der Waals surface area contributed by atoms with E-state index in [0.717, 1.165) is 10.9 Å². The van der Waals surface area contributed by atoms with Gasteiger partial charge in [-0.05, 0) is 31.2 Å². The van der Waals surface area contributed by atoms with Crippen LogP contribution in [0, 0.1) is 0 Å². The number of nitrogens with two attached hydrogens (primary N) is 1. The second-order valence-corrected chi connectivity index (χ2v) is 6.46. The van der Waals surface area contributed by atoms with Gasteiger partial charge in [0.25, 0.3) is 5.91 Å². The molecule has 3 N–H and O–H groups in total. The summed E-state index contributed by atoms with van der Waals surface area (Å²) in [5, 5.41) is 3.85. The highest BCUT2D eigenvalue weighted by Gasteiger charge is 2.42. The van der Waals surface area contributed by atoms with Crippen LogP contribution in [0.25, 0.3) is 10.9 Å². The number of nitrogens with zero attached hydrogens (tertiary/aromatic N) is 1. The third-order valence-corrected chi connectivity index (χ3v) is 5.21. The summed E-state index contributed by atoms with van der Waals surface area (Å²) in [5.41, 5.74) is 7.72. The van der Waals surface area contributed by atoms with E-state index in [1.165, 1.54) is 12.8 Å². The molecule has 1 aliphatic rings. The molecule has 1 saturated carbocycles. The summed E-state index contributed by atoms with van der Waals surface area (Å²) in [6, 6.07) is 9.23. The van der Waals surface area contributed by atoms with Gasteiger partial charge < -0.3 is 11.1 Å². The number of fused-ring (bicyclic) bond motifs is 1. The number of thioether (sulfide) groups is 1. The molecule has 104 valence electrons. The molecule has 0 radical (unpaired) electrons. The first-order chi connectivity index (χ1) is 9.63. The summed E-state index contributed by atoms with van der Waals surface area (Å²) < 4.78 is 0.248. The predicted molar refractivity (Wildman–Crippen MR) is 84.0 cm³/mol. The van der Waals surface area contributed by atoms with Gasteiger partial charge in [0.15, 0.2) is 0 Å². The average molecular weight is 287 g/mol. The molecule has 1 aromatic carbocycles. The zero-order valence-electron chi connectivity index (χ0n) is 11.3. The van der Waals surface area contributed by atoms with Crippen molar-refractivity contribution >= 4 is 34.3 Å². The molecule has 1 heterocycles. The lowest BCUT2D eigenvalue weighted by Gasteiger charge is -2.13. The summed E-state index contributed by atoms with van der Waals surface area (Å²) in [5.74, 6) is -0.150. The number of para-hydroxylation sites is 1. The Kier molecular flexibility index (Phi) is 3.30. The van der Waals surface area contributed by atoms with Gasteiger partial charge in [-0.3, -0.25) is 4.79 Å². The fourth-order valence-electron chi connectivity index (χ4n) is 2.24. The van der Waals surface area contributed by atoms with Crippen molar-refractivity contribution in [1.82, 2.24) is 10.3 Å². The van der Waals surface area contributed by atoms with Gasteiger partial charge in [0.05, 0.1) is 5.52 Å². The third-order valence-electron chi connectivity index (χ3n) is 3.79. The van der Waals surface area contributed by atoms with Crippen LogP contribution in [0.5, 0.6) is 0 Å². The largest absolute Gasteiger partial charge is 0.398 e. The van der Waals surface area contributed by atoms with E-state index in [2.05, 4.69) is 16.6 Å². The average Bonchev–Trinajstić information content (AvgIpc) is 3.25. The van der Waals surface area contributed by atoms with Crippen LogP contribution in [0.3, 0.4) is 0 Å². The number of hydrogen-bond acceptors (Lipinski definition) is 4. The molecule has 1 fully saturated rings.